The number of hydrogen-bond donors (Lipinski definition) is 0. The first-order chi connectivity index (χ1) is 7.22. The summed E-state index contributed by atoms with van der Waals surface area (Å²) in [6.07, 6.45) is 2.30. The third-order valence-corrected chi connectivity index (χ3v) is 2.57. The van der Waals surface area contributed by atoms with Crippen LogP contribution in [0.3, 0.4) is 0 Å². The van der Waals surface area contributed by atoms with Crippen molar-refractivity contribution in [1.82, 2.24) is 15.3 Å². The van der Waals surface area contributed by atoms with Crippen molar-refractivity contribution in [3.63, 3.8) is 0 Å². The molecule has 0 aromatic carbocycles. The fourth-order valence-corrected chi connectivity index (χ4v) is 1.25. The molecule has 1 atom stereocenters. The molecule has 2 aromatic heterocycles. The van der Waals surface area contributed by atoms with Gasteiger partial charge in [-0.05, 0) is 13.3 Å². The van der Waals surface area contributed by atoms with E-state index in [4.69, 9.17) is 20.6 Å². The SMILES string of the molecule is CCC(Cl)c1noc(-c2cnoc2C)n1. The summed E-state index contributed by atoms with van der Waals surface area (Å²) >= 11 is 5.98. The summed E-state index contributed by atoms with van der Waals surface area (Å²) in [5, 5.41) is 7.21. The van der Waals surface area contributed by atoms with Crippen molar-refractivity contribution in [1.29, 1.82) is 0 Å². The number of aryl methyl sites for hydroxylation is 1. The van der Waals surface area contributed by atoms with E-state index >= 15 is 0 Å². The van der Waals surface area contributed by atoms with Gasteiger partial charge in [-0.3, -0.25) is 0 Å². The maximum absolute atomic E-state index is 5.98. The maximum Gasteiger partial charge on any atom is 0.263 e. The molecular formula is C9H10ClN3O2. The van der Waals surface area contributed by atoms with E-state index in [1.165, 1.54) is 0 Å². The highest BCUT2D eigenvalue weighted by molar-refractivity contribution is 6.20. The lowest BCUT2D eigenvalue weighted by Crippen LogP contribution is -1.90. The Hall–Kier alpha value is -1.36. The van der Waals surface area contributed by atoms with Gasteiger partial charge in [0.2, 0.25) is 0 Å². The van der Waals surface area contributed by atoms with Crippen LogP contribution in [-0.2, 0) is 0 Å². The Kier molecular flexibility index (Phi) is 2.73. The van der Waals surface area contributed by atoms with E-state index in [2.05, 4.69) is 15.3 Å². The minimum Gasteiger partial charge on any atom is -0.361 e. The Morgan fingerprint density at radius 1 is 1.47 bits per heavy atom. The Morgan fingerprint density at radius 3 is 2.87 bits per heavy atom. The van der Waals surface area contributed by atoms with Crippen molar-refractivity contribution in [3.8, 4) is 11.5 Å². The normalized spacial score (nSPS) is 13.0. The van der Waals surface area contributed by atoms with Gasteiger partial charge in [0.05, 0.1) is 11.6 Å². The highest BCUT2D eigenvalue weighted by atomic mass is 35.5. The molecule has 2 rings (SSSR count). The quantitative estimate of drug-likeness (QED) is 0.755. The van der Waals surface area contributed by atoms with Gasteiger partial charge in [-0.15, -0.1) is 11.6 Å². The highest BCUT2D eigenvalue weighted by Gasteiger charge is 2.17. The first kappa shape index (κ1) is 10.2. The van der Waals surface area contributed by atoms with Gasteiger partial charge in [-0.1, -0.05) is 17.2 Å². The van der Waals surface area contributed by atoms with Crippen LogP contribution in [0, 0.1) is 6.92 Å². The summed E-state index contributed by atoms with van der Waals surface area (Å²) in [5.41, 5.74) is 0.703. The van der Waals surface area contributed by atoms with Gasteiger partial charge in [-0.2, -0.15) is 4.98 Å². The molecule has 6 heteroatoms. The van der Waals surface area contributed by atoms with Crippen LogP contribution in [-0.4, -0.2) is 15.3 Å². The average Bonchev–Trinajstić information content (AvgIpc) is 2.84. The van der Waals surface area contributed by atoms with Crippen LogP contribution in [0.1, 0.15) is 30.3 Å². The highest BCUT2D eigenvalue weighted by Crippen LogP contribution is 2.25. The van der Waals surface area contributed by atoms with Crippen molar-refractivity contribution >= 4 is 11.6 Å². The molecule has 0 spiro atoms. The van der Waals surface area contributed by atoms with E-state index < -0.39 is 0 Å². The fourth-order valence-electron chi connectivity index (χ4n) is 1.16. The van der Waals surface area contributed by atoms with Gasteiger partial charge in [0.1, 0.15) is 11.3 Å². The Balaban J connectivity index is 2.32. The molecular weight excluding hydrogens is 218 g/mol. The minimum atomic E-state index is -0.220. The minimum absolute atomic E-state index is 0.220. The predicted molar refractivity (Wildman–Crippen MR) is 53.4 cm³/mol. The van der Waals surface area contributed by atoms with Crippen molar-refractivity contribution in [3.05, 3.63) is 17.8 Å². The average molecular weight is 228 g/mol. The molecule has 0 radical (unpaired) electrons. The number of aromatic nitrogens is 3. The van der Waals surface area contributed by atoms with Crippen LogP contribution in [0.4, 0.5) is 0 Å². The van der Waals surface area contributed by atoms with Crippen LogP contribution in [0.5, 0.6) is 0 Å². The first-order valence-electron chi connectivity index (χ1n) is 4.61. The van der Waals surface area contributed by atoms with Crippen molar-refractivity contribution in [2.45, 2.75) is 25.6 Å². The molecule has 0 bridgehead atoms. The van der Waals surface area contributed by atoms with Gasteiger partial charge in [0.25, 0.3) is 5.89 Å². The molecule has 0 N–H and O–H groups in total. The van der Waals surface area contributed by atoms with Gasteiger partial charge in [0, 0.05) is 0 Å². The summed E-state index contributed by atoms with van der Waals surface area (Å²) in [4.78, 5) is 4.17. The zero-order valence-electron chi connectivity index (χ0n) is 8.40. The number of rotatable bonds is 3. The monoisotopic (exact) mass is 227 g/mol. The van der Waals surface area contributed by atoms with Gasteiger partial charge >= 0.3 is 0 Å². The Morgan fingerprint density at radius 2 is 2.27 bits per heavy atom. The Labute approximate surface area is 91.4 Å². The molecule has 0 saturated heterocycles. The maximum atomic E-state index is 5.98. The summed E-state index contributed by atoms with van der Waals surface area (Å²) in [7, 11) is 0. The fraction of sp³-hybridized carbons (Fsp3) is 0.444. The zero-order chi connectivity index (χ0) is 10.8. The number of alkyl halides is 1. The number of halogens is 1. The summed E-state index contributed by atoms with van der Waals surface area (Å²) in [6.45, 7) is 3.74. The van der Waals surface area contributed by atoms with Crippen molar-refractivity contribution in [2.75, 3.05) is 0 Å². The van der Waals surface area contributed by atoms with E-state index in [9.17, 15) is 0 Å². The van der Waals surface area contributed by atoms with E-state index in [0.717, 1.165) is 6.42 Å². The zero-order valence-corrected chi connectivity index (χ0v) is 9.15. The molecule has 15 heavy (non-hydrogen) atoms. The second-order valence-electron chi connectivity index (χ2n) is 3.13. The third-order valence-electron chi connectivity index (χ3n) is 2.06. The smallest absolute Gasteiger partial charge is 0.263 e. The van der Waals surface area contributed by atoms with E-state index in [1.807, 2.05) is 6.92 Å². The van der Waals surface area contributed by atoms with Crippen LogP contribution in [0.15, 0.2) is 15.2 Å². The van der Waals surface area contributed by atoms with E-state index in [0.29, 0.717) is 23.0 Å². The predicted octanol–water partition coefficient (Wildman–Crippen LogP) is 2.72. The molecule has 2 heterocycles. The molecule has 2 aromatic rings. The van der Waals surface area contributed by atoms with Crippen molar-refractivity contribution in [2.24, 2.45) is 0 Å². The summed E-state index contributed by atoms with van der Waals surface area (Å²) in [6, 6.07) is 0. The molecule has 80 valence electrons. The molecule has 0 fully saturated rings. The molecule has 0 amide bonds. The topological polar surface area (TPSA) is 65.0 Å². The largest absolute Gasteiger partial charge is 0.361 e. The molecule has 0 aliphatic carbocycles. The third kappa shape index (κ3) is 1.87. The number of nitrogens with zero attached hydrogens (tertiary/aromatic N) is 3. The Bertz CT molecular complexity index is 452. The second kappa shape index (κ2) is 4.02. The van der Waals surface area contributed by atoms with Crippen LogP contribution in [0.2, 0.25) is 0 Å². The molecule has 5 nitrogen and oxygen atoms in total. The molecule has 1 unspecified atom stereocenters. The van der Waals surface area contributed by atoms with Crippen molar-refractivity contribution < 1.29 is 9.05 Å². The lowest BCUT2D eigenvalue weighted by molar-refractivity contribution is 0.395. The lowest BCUT2D eigenvalue weighted by atomic mass is 10.3. The standard InChI is InChI=1S/C9H10ClN3O2/c1-3-7(10)8-12-9(15-13-8)6-4-11-14-5(6)2/h4,7H,3H2,1-2H3. The van der Waals surface area contributed by atoms with Crippen LogP contribution < -0.4 is 0 Å². The second-order valence-corrected chi connectivity index (χ2v) is 3.66. The first-order valence-corrected chi connectivity index (χ1v) is 5.05. The van der Waals surface area contributed by atoms with Crippen LogP contribution >= 0.6 is 11.6 Å². The van der Waals surface area contributed by atoms with E-state index in [-0.39, 0.29) is 5.38 Å². The van der Waals surface area contributed by atoms with E-state index in [1.54, 1.807) is 13.1 Å². The summed E-state index contributed by atoms with van der Waals surface area (Å²) < 4.78 is 9.97. The lowest BCUT2D eigenvalue weighted by Gasteiger charge is -1.95. The van der Waals surface area contributed by atoms with Gasteiger partial charge < -0.3 is 9.05 Å². The summed E-state index contributed by atoms with van der Waals surface area (Å²) in [5.74, 6) is 1.53. The number of hydrogen-bond acceptors (Lipinski definition) is 5. The molecule has 0 aliphatic heterocycles. The van der Waals surface area contributed by atoms with Crippen LogP contribution in [0.25, 0.3) is 11.5 Å². The van der Waals surface area contributed by atoms with Gasteiger partial charge in [-0.25, -0.2) is 0 Å². The molecule has 0 aliphatic rings. The molecule has 0 saturated carbocycles. The van der Waals surface area contributed by atoms with Gasteiger partial charge in [0.15, 0.2) is 5.82 Å².